The van der Waals surface area contributed by atoms with Gasteiger partial charge in [0.1, 0.15) is 11.5 Å². The molecule has 1 saturated heterocycles. The highest BCUT2D eigenvalue weighted by Crippen LogP contribution is 2.40. The Bertz CT molecular complexity index is 1070. The monoisotopic (exact) mass is 478 g/mol. The van der Waals surface area contributed by atoms with E-state index in [0.29, 0.717) is 18.7 Å². The molecule has 3 rings (SSSR count). The third kappa shape index (κ3) is 6.12. The number of likely N-dealkylation sites (tertiary alicyclic amines) is 1. The van der Waals surface area contributed by atoms with Crippen LogP contribution in [0.5, 0.6) is 5.75 Å². The van der Waals surface area contributed by atoms with Gasteiger partial charge in [0, 0.05) is 12.1 Å². The third-order valence-corrected chi connectivity index (χ3v) is 6.45. The molecule has 6 nitrogen and oxygen atoms in total. The van der Waals surface area contributed by atoms with Crippen molar-refractivity contribution in [3.63, 3.8) is 0 Å². The molecule has 0 saturated carbocycles. The van der Waals surface area contributed by atoms with Crippen molar-refractivity contribution in [2.75, 3.05) is 33.8 Å². The molecule has 2 aromatic rings. The second kappa shape index (κ2) is 12.0. The molecular formula is C29H38N2O4. The summed E-state index contributed by atoms with van der Waals surface area (Å²) in [6.45, 7) is 7.97. The van der Waals surface area contributed by atoms with Gasteiger partial charge in [-0.05, 0) is 81.7 Å². The van der Waals surface area contributed by atoms with Crippen LogP contribution in [-0.4, -0.2) is 60.4 Å². The summed E-state index contributed by atoms with van der Waals surface area (Å²) in [6, 6.07) is 12.7. The second-order valence-corrected chi connectivity index (χ2v) is 9.43. The van der Waals surface area contributed by atoms with Crippen molar-refractivity contribution >= 4 is 17.4 Å². The molecule has 0 aliphatic carbocycles. The van der Waals surface area contributed by atoms with Gasteiger partial charge in [-0.1, -0.05) is 44.5 Å². The zero-order chi connectivity index (χ0) is 25.5. The van der Waals surface area contributed by atoms with Crippen LogP contribution in [0.1, 0.15) is 61.4 Å². The Hall–Kier alpha value is -3.12. The van der Waals surface area contributed by atoms with E-state index in [1.807, 2.05) is 57.4 Å². The first-order valence-corrected chi connectivity index (χ1v) is 12.5. The van der Waals surface area contributed by atoms with Crippen LogP contribution in [0.4, 0.5) is 0 Å². The molecule has 1 aliphatic heterocycles. The molecular weight excluding hydrogens is 440 g/mol. The van der Waals surface area contributed by atoms with Crippen molar-refractivity contribution in [2.45, 2.75) is 52.5 Å². The number of aliphatic hydroxyl groups excluding tert-OH is 1. The highest BCUT2D eigenvalue weighted by molar-refractivity contribution is 6.46. The van der Waals surface area contributed by atoms with E-state index >= 15 is 0 Å². The van der Waals surface area contributed by atoms with E-state index in [4.69, 9.17) is 4.74 Å². The molecule has 2 aromatic carbocycles. The van der Waals surface area contributed by atoms with Crippen LogP contribution in [0, 0.1) is 6.92 Å². The van der Waals surface area contributed by atoms with Crippen LogP contribution < -0.4 is 4.74 Å². The lowest BCUT2D eigenvalue weighted by Gasteiger charge is -2.26. The number of aliphatic hydroxyl groups is 1. The van der Waals surface area contributed by atoms with Crippen molar-refractivity contribution in [2.24, 2.45) is 0 Å². The van der Waals surface area contributed by atoms with E-state index in [-0.39, 0.29) is 11.3 Å². The number of aryl methyl sites for hydroxylation is 2. The van der Waals surface area contributed by atoms with Crippen LogP contribution in [0.25, 0.3) is 5.76 Å². The van der Waals surface area contributed by atoms with Gasteiger partial charge in [-0.25, -0.2) is 0 Å². The van der Waals surface area contributed by atoms with Gasteiger partial charge in [-0.3, -0.25) is 9.59 Å². The molecule has 1 N–H and O–H groups in total. The number of carbonyl (C=O) groups excluding carboxylic acids is 2. The maximum atomic E-state index is 13.2. The van der Waals surface area contributed by atoms with E-state index in [2.05, 4.69) is 18.7 Å². The largest absolute Gasteiger partial charge is 0.507 e. The summed E-state index contributed by atoms with van der Waals surface area (Å²) in [5, 5.41) is 11.3. The Kier molecular flexibility index (Phi) is 9.10. The highest BCUT2D eigenvalue weighted by Gasteiger charge is 2.45. The Morgan fingerprint density at radius 3 is 2.37 bits per heavy atom. The summed E-state index contributed by atoms with van der Waals surface area (Å²) < 4.78 is 5.84. The number of amides is 1. The zero-order valence-corrected chi connectivity index (χ0v) is 21.6. The minimum absolute atomic E-state index is 0.142. The first-order chi connectivity index (χ1) is 16.8. The van der Waals surface area contributed by atoms with Gasteiger partial charge in [-0.15, -0.1) is 0 Å². The average molecular weight is 479 g/mol. The summed E-state index contributed by atoms with van der Waals surface area (Å²) in [5.74, 6) is -0.596. The summed E-state index contributed by atoms with van der Waals surface area (Å²) in [7, 11) is 3.96. The molecule has 1 heterocycles. The molecule has 1 amide bonds. The number of ketones is 1. The topological polar surface area (TPSA) is 70.1 Å². The lowest BCUT2D eigenvalue weighted by atomic mass is 9.94. The molecule has 35 heavy (non-hydrogen) atoms. The number of benzene rings is 2. The maximum Gasteiger partial charge on any atom is 0.295 e. The van der Waals surface area contributed by atoms with E-state index in [0.717, 1.165) is 49.1 Å². The maximum absolute atomic E-state index is 13.2. The molecule has 188 valence electrons. The molecule has 6 heteroatoms. The number of carbonyl (C=O) groups is 2. The Morgan fingerprint density at radius 1 is 1.06 bits per heavy atom. The summed E-state index contributed by atoms with van der Waals surface area (Å²) in [4.78, 5) is 30.0. The van der Waals surface area contributed by atoms with Crippen molar-refractivity contribution in [3.8, 4) is 5.75 Å². The standard InChI is InChI=1S/C29H38N2O4/c1-6-8-18-35-24-15-14-23(19-20(24)3)27(32)25-26(22-12-10-21(7-2)11-13-22)31(29(34)28(25)33)17-9-16-30(4)5/h10-15,19,26,32H,6-9,16-18H2,1-5H3/b27-25+. The molecule has 1 unspecified atom stereocenters. The summed E-state index contributed by atoms with van der Waals surface area (Å²) in [6.07, 6.45) is 3.64. The third-order valence-electron chi connectivity index (χ3n) is 6.45. The summed E-state index contributed by atoms with van der Waals surface area (Å²) in [5.41, 5.74) is 3.51. The molecule has 0 radical (unpaired) electrons. The van der Waals surface area contributed by atoms with E-state index in [1.165, 1.54) is 5.56 Å². The number of ether oxygens (including phenoxy) is 1. The van der Waals surface area contributed by atoms with Gasteiger partial charge in [0.15, 0.2) is 0 Å². The Balaban J connectivity index is 2.02. The SMILES string of the molecule is CCCCOc1ccc(/C(O)=C2\C(=O)C(=O)N(CCCN(C)C)C2c2ccc(CC)cc2)cc1C. The number of hydrogen-bond acceptors (Lipinski definition) is 5. The second-order valence-electron chi connectivity index (χ2n) is 9.43. The molecule has 0 spiro atoms. The fourth-order valence-corrected chi connectivity index (χ4v) is 4.39. The van der Waals surface area contributed by atoms with E-state index in [9.17, 15) is 14.7 Å². The quantitative estimate of drug-likeness (QED) is 0.210. The normalized spacial score (nSPS) is 17.4. The van der Waals surface area contributed by atoms with Crippen molar-refractivity contribution in [3.05, 3.63) is 70.3 Å². The smallest absolute Gasteiger partial charge is 0.295 e. The molecule has 1 aliphatic rings. The van der Waals surface area contributed by atoms with Crippen molar-refractivity contribution in [1.82, 2.24) is 9.80 Å². The Labute approximate surface area is 209 Å². The van der Waals surface area contributed by atoms with Crippen LogP contribution in [-0.2, 0) is 16.0 Å². The number of nitrogens with zero attached hydrogens (tertiary/aromatic N) is 2. The van der Waals surface area contributed by atoms with Gasteiger partial charge in [0.25, 0.3) is 11.7 Å². The number of Topliss-reactive ketones (excluding diaryl/α,β-unsaturated/α-hetero) is 1. The molecule has 0 aromatic heterocycles. The van der Waals surface area contributed by atoms with Crippen LogP contribution in [0.15, 0.2) is 48.0 Å². The predicted octanol–water partition coefficient (Wildman–Crippen LogP) is 5.11. The fraction of sp³-hybridized carbons (Fsp3) is 0.448. The van der Waals surface area contributed by atoms with Crippen molar-refractivity contribution in [1.29, 1.82) is 0 Å². The highest BCUT2D eigenvalue weighted by atomic mass is 16.5. The van der Waals surface area contributed by atoms with E-state index < -0.39 is 17.7 Å². The van der Waals surface area contributed by atoms with Crippen LogP contribution >= 0.6 is 0 Å². The minimum Gasteiger partial charge on any atom is -0.507 e. The van der Waals surface area contributed by atoms with Crippen LogP contribution in [0.3, 0.4) is 0 Å². The summed E-state index contributed by atoms with van der Waals surface area (Å²) >= 11 is 0. The van der Waals surface area contributed by atoms with Crippen molar-refractivity contribution < 1.29 is 19.4 Å². The molecule has 1 fully saturated rings. The number of hydrogen-bond donors (Lipinski definition) is 1. The first kappa shape index (κ1) is 26.5. The minimum atomic E-state index is -0.641. The van der Waals surface area contributed by atoms with Crippen LogP contribution in [0.2, 0.25) is 0 Å². The van der Waals surface area contributed by atoms with Gasteiger partial charge < -0.3 is 19.6 Å². The fourth-order valence-electron chi connectivity index (χ4n) is 4.39. The average Bonchev–Trinajstić information content (AvgIpc) is 3.09. The lowest BCUT2D eigenvalue weighted by molar-refractivity contribution is -0.139. The first-order valence-electron chi connectivity index (χ1n) is 12.5. The lowest BCUT2D eigenvalue weighted by Crippen LogP contribution is -2.32. The molecule has 1 atom stereocenters. The number of rotatable bonds is 11. The van der Waals surface area contributed by atoms with Gasteiger partial charge in [0.2, 0.25) is 0 Å². The molecule has 0 bridgehead atoms. The Morgan fingerprint density at radius 2 is 1.77 bits per heavy atom. The van der Waals surface area contributed by atoms with Gasteiger partial charge in [-0.2, -0.15) is 0 Å². The predicted molar refractivity (Wildman–Crippen MR) is 140 cm³/mol. The number of unbranched alkanes of at least 4 members (excludes halogenated alkanes) is 1. The van der Waals surface area contributed by atoms with Gasteiger partial charge >= 0.3 is 0 Å². The van der Waals surface area contributed by atoms with E-state index in [1.54, 1.807) is 11.0 Å². The zero-order valence-electron chi connectivity index (χ0n) is 21.6. The van der Waals surface area contributed by atoms with Gasteiger partial charge in [0.05, 0.1) is 18.2 Å².